The molecule has 2 aromatic heterocycles. The summed E-state index contributed by atoms with van der Waals surface area (Å²) >= 11 is 0. The van der Waals surface area contributed by atoms with E-state index >= 15 is 0 Å². The molecule has 0 bridgehead atoms. The van der Waals surface area contributed by atoms with Crippen molar-refractivity contribution in [2.24, 2.45) is 11.1 Å². The number of amides is 1. The van der Waals surface area contributed by atoms with Crippen LogP contribution in [0.3, 0.4) is 0 Å². The van der Waals surface area contributed by atoms with E-state index < -0.39 is 17.1 Å². The second-order valence-corrected chi connectivity index (χ2v) is 13.3. The molecule has 3 N–H and O–H groups in total. The minimum absolute atomic E-state index is 0.0290. The van der Waals surface area contributed by atoms with E-state index in [0.29, 0.717) is 60.4 Å². The minimum Gasteiger partial charge on any atom is -0.473 e. The van der Waals surface area contributed by atoms with E-state index in [-0.39, 0.29) is 35.4 Å². The number of likely N-dealkylation sites (N-methyl/N-ethyl adjacent to an activating group) is 1. The second-order valence-electron chi connectivity index (χ2n) is 13.3. The number of pyridine rings is 1. The lowest BCUT2D eigenvalue weighted by Crippen LogP contribution is -2.42. The summed E-state index contributed by atoms with van der Waals surface area (Å²) in [5.74, 6) is 0.309. The number of hydrogen-bond donors (Lipinski definition) is 2. The number of rotatable bonds is 7. The molecule has 3 atom stereocenters. The highest BCUT2D eigenvalue weighted by Crippen LogP contribution is 2.47. The topological polar surface area (TPSA) is 150 Å². The van der Waals surface area contributed by atoms with Crippen LogP contribution in [0.15, 0.2) is 35.7 Å². The highest BCUT2D eigenvalue weighted by atomic mass is 16.6. The van der Waals surface area contributed by atoms with Crippen LogP contribution in [0.5, 0.6) is 5.88 Å². The predicted octanol–water partition coefficient (Wildman–Crippen LogP) is 5.46. The molecular weight excluding hydrogens is 560 g/mol. The molecule has 0 aromatic carbocycles. The summed E-state index contributed by atoms with van der Waals surface area (Å²) in [4.78, 5) is 55.2. The van der Waals surface area contributed by atoms with Gasteiger partial charge in [0.05, 0.1) is 11.1 Å². The van der Waals surface area contributed by atoms with Crippen molar-refractivity contribution >= 4 is 23.5 Å². The number of likely N-dealkylation sites (tertiary alicyclic amines) is 1. The predicted molar refractivity (Wildman–Crippen MR) is 166 cm³/mol. The molecule has 44 heavy (non-hydrogen) atoms. The third kappa shape index (κ3) is 6.77. The molecule has 1 saturated heterocycles. The Morgan fingerprint density at radius 1 is 1.11 bits per heavy atom. The summed E-state index contributed by atoms with van der Waals surface area (Å²) < 4.78 is 11.7. The number of Topliss-reactive ketones (excluding diaryl/α,β-unsaturated/α-hetero) is 2. The number of anilines is 1. The third-order valence-corrected chi connectivity index (χ3v) is 8.96. The van der Waals surface area contributed by atoms with Gasteiger partial charge in [-0.15, -0.1) is 0 Å². The van der Waals surface area contributed by atoms with Gasteiger partial charge in [0.1, 0.15) is 23.3 Å². The number of nitrogens with one attached hydrogen (secondary N) is 1. The van der Waals surface area contributed by atoms with Crippen LogP contribution in [-0.4, -0.2) is 68.9 Å². The molecule has 1 aliphatic heterocycles. The van der Waals surface area contributed by atoms with Crippen LogP contribution < -0.4 is 15.8 Å². The summed E-state index contributed by atoms with van der Waals surface area (Å²) in [5, 5.41) is 2.62. The zero-order valence-electron chi connectivity index (χ0n) is 26.4. The molecular formula is C33H44N6O5. The first-order valence-electron chi connectivity index (χ1n) is 15.7. The number of nitrogens with two attached hydrogens (primary N) is 1. The minimum atomic E-state index is -0.763. The molecule has 11 heteroatoms. The largest absolute Gasteiger partial charge is 0.473 e. The Bertz CT molecular complexity index is 1450. The maximum Gasteiger partial charge on any atom is 0.413 e. The molecule has 236 valence electrons. The summed E-state index contributed by atoms with van der Waals surface area (Å²) in [6, 6.07) is 5.31. The zero-order valence-corrected chi connectivity index (χ0v) is 26.4. The number of nitrogens with zero attached hydrogens (tertiary/aromatic N) is 4. The smallest absolute Gasteiger partial charge is 0.413 e. The average Bonchev–Trinajstić information content (AvgIpc) is 3.40. The number of hydrogen-bond acceptors (Lipinski definition) is 10. The fraction of sp³-hybridized carbons (Fsp3) is 0.576. The molecule has 1 spiro atoms. The molecule has 0 unspecified atom stereocenters. The Labute approximate surface area is 259 Å². The zero-order chi connectivity index (χ0) is 31.6. The van der Waals surface area contributed by atoms with Crippen molar-refractivity contribution in [2.75, 3.05) is 18.9 Å². The van der Waals surface area contributed by atoms with Gasteiger partial charge < -0.3 is 15.2 Å². The van der Waals surface area contributed by atoms with Gasteiger partial charge in [0.15, 0.2) is 0 Å². The van der Waals surface area contributed by atoms with Crippen molar-refractivity contribution in [3.63, 3.8) is 0 Å². The molecule has 2 fully saturated rings. The molecule has 1 amide bonds. The normalized spacial score (nSPS) is 23.5. The van der Waals surface area contributed by atoms with Crippen molar-refractivity contribution < 1.29 is 23.9 Å². The molecule has 5 rings (SSSR count). The van der Waals surface area contributed by atoms with Gasteiger partial charge in [-0.25, -0.2) is 14.8 Å². The molecule has 3 aliphatic rings. The van der Waals surface area contributed by atoms with E-state index in [4.69, 9.17) is 15.2 Å². The lowest BCUT2D eigenvalue weighted by molar-refractivity contribution is -0.129. The summed E-state index contributed by atoms with van der Waals surface area (Å²) in [5.41, 5.74) is 7.12. The Morgan fingerprint density at radius 2 is 1.89 bits per heavy atom. The first kappa shape index (κ1) is 31.6. The Morgan fingerprint density at radius 3 is 2.55 bits per heavy atom. The van der Waals surface area contributed by atoms with E-state index in [2.05, 4.69) is 32.2 Å². The van der Waals surface area contributed by atoms with Gasteiger partial charge >= 0.3 is 6.09 Å². The maximum absolute atomic E-state index is 14.0. The number of carbonyl (C=O) groups excluding carboxylic acids is 3. The highest BCUT2D eigenvalue weighted by Gasteiger charge is 2.46. The van der Waals surface area contributed by atoms with E-state index in [1.807, 2.05) is 6.92 Å². The van der Waals surface area contributed by atoms with E-state index in [1.165, 1.54) is 0 Å². The van der Waals surface area contributed by atoms with Gasteiger partial charge in [-0.2, -0.15) is 4.98 Å². The van der Waals surface area contributed by atoms with Crippen LogP contribution in [0.2, 0.25) is 0 Å². The second kappa shape index (κ2) is 12.6. The van der Waals surface area contributed by atoms with Gasteiger partial charge in [0.25, 0.3) is 0 Å². The Kier molecular flexibility index (Phi) is 9.06. The van der Waals surface area contributed by atoms with E-state index in [0.717, 1.165) is 32.2 Å². The van der Waals surface area contributed by atoms with Crippen molar-refractivity contribution in [1.29, 1.82) is 0 Å². The van der Waals surface area contributed by atoms with Gasteiger partial charge in [0.2, 0.25) is 17.5 Å². The Balaban J connectivity index is 1.48. The van der Waals surface area contributed by atoms with Gasteiger partial charge in [-0.05, 0) is 98.4 Å². The number of aromatic nitrogens is 3. The van der Waals surface area contributed by atoms with Crippen molar-refractivity contribution in [3.05, 3.63) is 41.5 Å². The summed E-state index contributed by atoms with van der Waals surface area (Å²) in [6.45, 7) is 8.36. The number of allylic oxidation sites excluding steroid dienone is 2. The summed E-state index contributed by atoms with van der Waals surface area (Å²) in [6.07, 6.45) is 7.67. The number of carbonyl (C=O) groups is 3. The van der Waals surface area contributed by atoms with Gasteiger partial charge in [0, 0.05) is 41.6 Å². The van der Waals surface area contributed by atoms with Crippen LogP contribution in [0, 0.1) is 5.41 Å². The third-order valence-electron chi connectivity index (χ3n) is 8.96. The van der Waals surface area contributed by atoms with E-state index in [1.54, 1.807) is 45.2 Å². The quantitative estimate of drug-likeness (QED) is 0.390. The van der Waals surface area contributed by atoms with Crippen LogP contribution in [0.1, 0.15) is 96.1 Å². The monoisotopic (exact) mass is 604 g/mol. The number of ketones is 2. The fourth-order valence-corrected chi connectivity index (χ4v) is 6.70. The van der Waals surface area contributed by atoms with Gasteiger partial charge in [-0.1, -0.05) is 6.42 Å². The fourth-order valence-electron chi connectivity index (χ4n) is 6.70. The van der Waals surface area contributed by atoms with Crippen LogP contribution in [0.4, 0.5) is 10.6 Å². The first-order chi connectivity index (χ1) is 20.9. The molecule has 11 nitrogen and oxygen atoms in total. The van der Waals surface area contributed by atoms with Crippen LogP contribution in [-0.2, 0) is 9.53 Å². The average molecular weight is 605 g/mol. The molecule has 1 saturated carbocycles. The van der Waals surface area contributed by atoms with Crippen molar-refractivity contribution in [2.45, 2.75) is 103 Å². The molecule has 3 heterocycles. The lowest BCUT2D eigenvalue weighted by Gasteiger charge is -2.40. The molecule has 0 radical (unpaired) electrons. The Hall–Kier alpha value is -3.86. The van der Waals surface area contributed by atoms with Gasteiger partial charge in [-0.3, -0.25) is 19.8 Å². The molecule has 2 aromatic rings. The molecule has 2 aliphatic carbocycles. The highest BCUT2D eigenvalue weighted by molar-refractivity contribution is 6.08. The van der Waals surface area contributed by atoms with Crippen LogP contribution >= 0.6 is 0 Å². The van der Waals surface area contributed by atoms with E-state index in [9.17, 15) is 14.4 Å². The standard InChI is InChI=1S/C33H44N6O5/c1-20(24-11-9-17-39(24)5)43-27-18-23(21-13-14-26(35-19-21)37-31(42)44-32(2,3)4)36-30(38-27)28(41)22-10-8-16-33(29(22)34)15-7-6-12-25(33)40/h13-14,18-20,24H,6-12,15-17,34H2,1-5H3,(H,35,37,42)/t20-,24-,33+/m0/s1. The van der Waals surface area contributed by atoms with Crippen molar-refractivity contribution in [3.8, 4) is 17.1 Å². The lowest BCUT2D eigenvalue weighted by atomic mass is 9.64. The first-order valence-corrected chi connectivity index (χ1v) is 15.7. The summed E-state index contributed by atoms with van der Waals surface area (Å²) in [7, 11) is 2.08. The SMILES string of the molecule is C[C@H](Oc1cc(-c2ccc(NC(=O)OC(C)(C)C)nc2)nc(C(=O)C2=C(N)[C@]3(CCCCC3=O)CCC2)n1)[C@@H]1CCCN1C. The number of ether oxygens (including phenoxy) is 2. The maximum atomic E-state index is 14.0. The van der Waals surface area contributed by atoms with Crippen LogP contribution in [0.25, 0.3) is 11.3 Å². The van der Waals surface area contributed by atoms with Crippen molar-refractivity contribution in [1.82, 2.24) is 19.9 Å².